The third-order valence-corrected chi connectivity index (χ3v) is 5.35. The van der Waals surface area contributed by atoms with Crippen molar-refractivity contribution in [1.82, 2.24) is 9.78 Å². The molecule has 2 aliphatic carbocycles. The predicted molar refractivity (Wildman–Crippen MR) is 84.9 cm³/mol. The minimum Gasteiger partial charge on any atom is -0.327 e. The first kappa shape index (κ1) is 16.1. The molecule has 25 heavy (non-hydrogen) atoms. The summed E-state index contributed by atoms with van der Waals surface area (Å²) in [7, 11) is 0. The molecule has 1 aromatic heterocycles. The van der Waals surface area contributed by atoms with Crippen LogP contribution in [0.15, 0.2) is 36.5 Å². The molecule has 3 atom stereocenters. The molecule has 132 valence electrons. The van der Waals surface area contributed by atoms with E-state index in [-0.39, 0.29) is 23.5 Å². The van der Waals surface area contributed by atoms with Crippen LogP contribution in [0.3, 0.4) is 0 Å². The van der Waals surface area contributed by atoms with Crippen molar-refractivity contribution in [2.24, 2.45) is 17.1 Å². The van der Waals surface area contributed by atoms with Gasteiger partial charge in [-0.15, -0.1) is 0 Å². The zero-order valence-electron chi connectivity index (χ0n) is 13.3. The minimum atomic E-state index is -4.48. The molecule has 2 aliphatic rings. The van der Waals surface area contributed by atoms with Crippen molar-refractivity contribution in [3.63, 3.8) is 0 Å². The lowest BCUT2D eigenvalue weighted by molar-refractivity contribution is -0.137. The maximum Gasteiger partial charge on any atom is 0.418 e. The largest absolute Gasteiger partial charge is 0.418 e. The van der Waals surface area contributed by atoms with E-state index >= 15 is 0 Å². The van der Waals surface area contributed by atoms with E-state index in [1.54, 1.807) is 0 Å². The molecule has 1 heterocycles. The lowest BCUT2D eigenvalue weighted by atomic mass is 9.98. The maximum absolute atomic E-state index is 13.1. The Morgan fingerprint density at radius 3 is 2.68 bits per heavy atom. The second-order valence-corrected chi connectivity index (χ2v) is 6.74. The molecule has 0 bridgehead atoms. The Bertz CT molecular complexity index is 831. The molecular formula is C17H17F3N4O. The molecule has 8 heteroatoms. The van der Waals surface area contributed by atoms with Gasteiger partial charge in [-0.05, 0) is 37.3 Å². The van der Waals surface area contributed by atoms with Crippen LogP contribution >= 0.6 is 0 Å². The van der Waals surface area contributed by atoms with Crippen LogP contribution in [-0.4, -0.2) is 21.7 Å². The Balaban J connectivity index is 1.57. The van der Waals surface area contributed by atoms with Crippen molar-refractivity contribution in [2.45, 2.75) is 31.5 Å². The number of halogens is 3. The van der Waals surface area contributed by atoms with Gasteiger partial charge in [-0.2, -0.15) is 18.3 Å². The molecule has 2 fully saturated rings. The third-order valence-electron chi connectivity index (χ3n) is 5.35. The maximum atomic E-state index is 13.1. The van der Waals surface area contributed by atoms with Crippen LogP contribution in [0.4, 0.5) is 19.0 Å². The molecular weight excluding hydrogens is 333 g/mol. The number of carbonyl (C=O) groups excluding carboxylic acids is 1. The van der Waals surface area contributed by atoms with Gasteiger partial charge in [0, 0.05) is 18.3 Å². The SMILES string of the molecule is NC1CCC2CC12C(=O)Nc1ccn(-c2ccccc2C(F)(F)F)n1. The molecule has 1 amide bonds. The minimum absolute atomic E-state index is 0.0875. The normalized spacial score (nSPS) is 27.8. The highest BCUT2D eigenvalue weighted by Gasteiger charge is 2.66. The number of aromatic nitrogens is 2. The van der Waals surface area contributed by atoms with Crippen LogP contribution in [0.25, 0.3) is 5.69 Å². The van der Waals surface area contributed by atoms with Gasteiger partial charge in [-0.25, -0.2) is 4.68 Å². The van der Waals surface area contributed by atoms with E-state index < -0.39 is 17.2 Å². The van der Waals surface area contributed by atoms with Crippen LogP contribution in [0.5, 0.6) is 0 Å². The number of nitrogens with one attached hydrogen (secondary N) is 1. The number of nitrogens with two attached hydrogens (primary N) is 1. The van der Waals surface area contributed by atoms with Gasteiger partial charge in [0.1, 0.15) is 0 Å². The summed E-state index contributed by atoms with van der Waals surface area (Å²) in [5, 5.41) is 6.80. The smallest absolute Gasteiger partial charge is 0.327 e. The van der Waals surface area contributed by atoms with Crippen molar-refractivity contribution in [3.05, 3.63) is 42.1 Å². The zero-order valence-corrected chi connectivity index (χ0v) is 13.3. The summed E-state index contributed by atoms with van der Waals surface area (Å²) in [5.74, 6) is 0.355. The van der Waals surface area contributed by atoms with E-state index in [2.05, 4.69) is 10.4 Å². The fourth-order valence-corrected chi connectivity index (χ4v) is 3.92. The van der Waals surface area contributed by atoms with Crippen molar-refractivity contribution in [3.8, 4) is 5.69 Å². The summed E-state index contributed by atoms with van der Waals surface area (Å²) in [6.07, 6.45) is -0.537. The first-order valence-corrected chi connectivity index (χ1v) is 8.11. The van der Waals surface area contributed by atoms with E-state index in [1.807, 2.05) is 0 Å². The number of fused-ring (bicyclic) bond motifs is 1. The summed E-state index contributed by atoms with van der Waals surface area (Å²) in [4.78, 5) is 12.5. The Morgan fingerprint density at radius 2 is 2.04 bits per heavy atom. The number of rotatable bonds is 3. The summed E-state index contributed by atoms with van der Waals surface area (Å²) in [6.45, 7) is 0. The van der Waals surface area contributed by atoms with Crippen LogP contribution in [0.1, 0.15) is 24.8 Å². The Labute approximate surface area is 142 Å². The van der Waals surface area contributed by atoms with Gasteiger partial charge in [0.25, 0.3) is 0 Å². The summed E-state index contributed by atoms with van der Waals surface area (Å²) in [5.41, 5.74) is 4.67. The fourth-order valence-electron chi connectivity index (χ4n) is 3.92. The number of amides is 1. The number of nitrogens with zero attached hydrogens (tertiary/aromatic N) is 2. The number of anilines is 1. The zero-order chi connectivity index (χ0) is 17.8. The average Bonchev–Trinajstić information content (AvgIpc) is 2.98. The van der Waals surface area contributed by atoms with E-state index in [9.17, 15) is 18.0 Å². The lowest BCUT2D eigenvalue weighted by Gasteiger charge is -2.17. The number of benzene rings is 1. The Hall–Kier alpha value is -2.35. The molecule has 0 aliphatic heterocycles. The molecule has 0 saturated heterocycles. The predicted octanol–water partition coefficient (Wildman–Crippen LogP) is 2.96. The van der Waals surface area contributed by atoms with Gasteiger partial charge in [-0.1, -0.05) is 12.1 Å². The molecule has 1 aromatic carbocycles. The standard InChI is InChI=1S/C17H17F3N4O/c18-17(19,20)11-3-1-2-4-12(11)24-8-7-14(23-24)22-15(25)16-9-10(16)5-6-13(16)21/h1-4,7-8,10,13H,5-6,9,21H2,(H,22,23,25). The summed E-state index contributed by atoms with van der Waals surface area (Å²) in [6, 6.07) is 6.50. The Morgan fingerprint density at radius 1 is 1.28 bits per heavy atom. The molecule has 0 spiro atoms. The highest BCUT2D eigenvalue weighted by molar-refractivity contribution is 5.98. The van der Waals surface area contributed by atoms with Crippen LogP contribution < -0.4 is 11.1 Å². The molecule has 0 radical (unpaired) electrons. The quantitative estimate of drug-likeness (QED) is 0.894. The van der Waals surface area contributed by atoms with Crippen LogP contribution in [0.2, 0.25) is 0 Å². The van der Waals surface area contributed by atoms with Gasteiger partial charge in [0.05, 0.1) is 16.7 Å². The van der Waals surface area contributed by atoms with E-state index in [0.29, 0.717) is 5.92 Å². The van der Waals surface area contributed by atoms with Gasteiger partial charge < -0.3 is 11.1 Å². The van der Waals surface area contributed by atoms with Crippen molar-refractivity contribution >= 4 is 11.7 Å². The first-order valence-electron chi connectivity index (χ1n) is 8.11. The third kappa shape index (κ3) is 2.52. The second-order valence-electron chi connectivity index (χ2n) is 6.74. The number of carbonyl (C=O) groups is 1. The van der Waals surface area contributed by atoms with Gasteiger partial charge in [0.2, 0.25) is 5.91 Å². The van der Waals surface area contributed by atoms with Crippen molar-refractivity contribution in [2.75, 3.05) is 5.32 Å². The second kappa shape index (κ2) is 5.32. The molecule has 4 rings (SSSR count). The van der Waals surface area contributed by atoms with E-state index in [4.69, 9.17) is 5.73 Å². The number of hydrogen-bond donors (Lipinski definition) is 2. The van der Waals surface area contributed by atoms with Gasteiger partial charge in [-0.3, -0.25) is 4.79 Å². The molecule has 2 saturated carbocycles. The monoisotopic (exact) mass is 350 g/mol. The van der Waals surface area contributed by atoms with E-state index in [0.717, 1.165) is 30.0 Å². The lowest BCUT2D eigenvalue weighted by Crippen LogP contribution is -2.38. The molecule has 2 aromatic rings. The molecule has 5 nitrogen and oxygen atoms in total. The Kier molecular flexibility index (Phi) is 3.44. The van der Waals surface area contributed by atoms with Crippen LogP contribution in [-0.2, 0) is 11.0 Å². The number of hydrogen-bond acceptors (Lipinski definition) is 3. The number of alkyl halides is 3. The van der Waals surface area contributed by atoms with E-state index in [1.165, 1.54) is 30.5 Å². The fraction of sp³-hybridized carbons (Fsp3) is 0.412. The van der Waals surface area contributed by atoms with Crippen molar-refractivity contribution in [1.29, 1.82) is 0 Å². The topological polar surface area (TPSA) is 72.9 Å². The molecule has 3 N–H and O–H groups in total. The van der Waals surface area contributed by atoms with Crippen molar-refractivity contribution < 1.29 is 18.0 Å². The van der Waals surface area contributed by atoms with Crippen LogP contribution in [0, 0.1) is 11.3 Å². The summed E-state index contributed by atoms with van der Waals surface area (Å²) < 4.78 is 40.5. The molecule has 3 unspecified atom stereocenters. The summed E-state index contributed by atoms with van der Waals surface area (Å²) >= 11 is 0. The highest BCUT2D eigenvalue weighted by atomic mass is 19.4. The average molecular weight is 350 g/mol. The van der Waals surface area contributed by atoms with Gasteiger partial charge in [0.15, 0.2) is 5.82 Å². The first-order chi connectivity index (χ1) is 11.8. The van der Waals surface area contributed by atoms with Gasteiger partial charge >= 0.3 is 6.18 Å². The highest BCUT2D eigenvalue weighted by Crippen LogP contribution is 2.63. The number of para-hydroxylation sites is 1.